The van der Waals surface area contributed by atoms with Crippen LogP contribution in [0.1, 0.15) is 38.5 Å². The van der Waals surface area contributed by atoms with Crippen molar-refractivity contribution in [3.8, 4) is 0 Å². The molecule has 110 valence electrons. The Morgan fingerprint density at radius 3 is 2.58 bits per heavy atom. The molecule has 1 heterocycles. The van der Waals surface area contributed by atoms with E-state index in [4.69, 9.17) is 10.5 Å². The van der Waals surface area contributed by atoms with Crippen molar-refractivity contribution in [1.29, 1.82) is 0 Å². The molecule has 5 nitrogen and oxygen atoms in total. The maximum absolute atomic E-state index is 12.8. The summed E-state index contributed by atoms with van der Waals surface area (Å²) < 4.78 is 5.35. The van der Waals surface area contributed by atoms with Gasteiger partial charge in [0.05, 0.1) is 17.6 Å². The van der Waals surface area contributed by atoms with E-state index in [0.29, 0.717) is 32.6 Å². The number of likely N-dealkylation sites (N-methyl/N-ethyl adjacent to an activating group) is 1. The quantitative estimate of drug-likeness (QED) is 0.783. The molecule has 1 saturated heterocycles. The number of rotatable bonds is 3. The van der Waals surface area contributed by atoms with Gasteiger partial charge in [0, 0.05) is 26.8 Å². The van der Waals surface area contributed by atoms with Crippen molar-refractivity contribution in [2.45, 2.75) is 50.7 Å². The molecule has 0 radical (unpaired) electrons. The highest BCUT2D eigenvalue weighted by atomic mass is 16.5. The molecule has 1 amide bonds. The Balaban J connectivity index is 2.08. The van der Waals surface area contributed by atoms with E-state index in [1.807, 2.05) is 7.05 Å². The van der Waals surface area contributed by atoms with E-state index in [0.717, 1.165) is 25.7 Å². The minimum absolute atomic E-state index is 0.0486. The number of nitrogens with zero attached hydrogens (tertiary/aromatic N) is 1. The number of nitrogens with two attached hydrogens (primary N) is 1. The number of hydrogen-bond donors (Lipinski definition) is 2. The SMILES string of the molecule is CN(C(=O)C1(CN)CCOCC1)C1CCCCC1O. The molecule has 2 atom stereocenters. The van der Waals surface area contributed by atoms with Crippen LogP contribution in [-0.2, 0) is 9.53 Å². The van der Waals surface area contributed by atoms with Gasteiger partial charge in [0.1, 0.15) is 0 Å². The van der Waals surface area contributed by atoms with Gasteiger partial charge < -0.3 is 20.5 Å². The molecule has 2 fully saturated rings. The molecule has 19 heavy (non-hydrogen) atoms. The fourth-order valence-corrected chi connectivity index (χ4v) is 3.34. The number of hydrogen-bond acceptors (Lipinski definition) is 4. The molecular formula is C14H26N2O3. The zero-order valence-corrected chi connectivity index (χ0v) is 11.8. The normalized spacial score (nSPS) is 30.9. The van der Waals surface area contributed by atoms with E-state index in [2.05, 4.69) is 0 Å². The van der Waals surface area contributed by atoms with Crippen molar-refractivity contribution < 1.29 is 14.6 Å². The van der Waals surface area contributed by atoms with Gasteiger partial charge in [0.2, 0.25) is 5.91 Å². The summed E-state index contributed by atoms with van der Waals surface area (Å²) in [5.74, 6) is 0.0873. The van der Waals surface area contributed by atoms with E-state index < -0.39 is 11.5 Å². The summed E-state index contributed by atoms with van der Waals surface area (Å²) in [6.45, 7) is 1.57. The van der Waals surface area contributed by atoms with Crippen LogP contribution in [0.3, 0.4) is 0 Å². The highest BCUT2D eigenvalue weighted by Crippen LogP contribution is 2.33. The molecule has 2 aliphatic rings. The maximum atomic E-state index is 12.8. The molecular weight excluding hydrogens is 244 g/mol. The third-order valence-electron chi connectivity index (χ3n) is 4.81. The summed E-state index contributed by atoms with van der Waals surface area (Å²) in [6.07, 6.45) is 4.80. The number of aliphatic hydroxyl groups excluding tert-OH is 1. The summed E-state index contributed by atoms with van der Waals surface area (Å²) >= 11 is 0. The maximum Gasteiger partial charge on any atom is 0.230 e. The van der Waals surface area contributed by atoms with E-state index in [9.17, 15) is 9.90 Å². The lowest BCUT2D eigenvalue weighted by atomic mass is 9.78. The van der Waals surface area contributed by atoms with Gasteiger partial charge in [0.15, 0.2) is 0 Å². The van der Waals surface area contributed by atoms with Gasteiger partial charge in [0.25, 0.3) is 0 Å². The Hall–Kier alpha value is -0.650. The van der Waals surface area contributed by atoms with Crippen LogP contribution in [0.25, 0.3) is 0 Å². The van der Waals surface area contributed by atoms with Gasteiger partial charge in [-0.25, -0.2) is 0 Å². The molecule has 1 saturated carbocycles. The standard InChI is InChI=1S/C14H26N2O3/c1-16(11-4-2-3-5-12(11)17)13(18)14(10-15)6-8-19-9-7-14/h11-12,17H,2-10,15H2,1H3. The summed E-state index contributed by atoms with van der Waals surface area (Å²) in [7, 11) is 1.81. The van der Waals surface area contributed by atoms with Gasteiger partial charge in [-0.2, -0.15) is 0 Å². The monoisotopic (exact) mass is 270 g/mol. The van der Waals surface area contributed by atoms with Gasteiger partial charge in [-0.1, -0.05) is 12.8 Å². The average Bonchev–Trinajstić information content (AvgIpc) is 2.47. The molecule has 0 bridgehead atoms. The second-order valence-electron chi connectivity index (χ2n) is 5.93. The molecule has 5 heteroatoms. The van der Waals surface area contributed by atoms with E-state index in [1.54, 1.807) is 4.90 Å². The smallest absolute Gasteiger partial charge is 0.230 e. The van der Waals surface area contributed by atoms with Gasteiger partial charge in [-0.3, -0.25) is 4.79 Å². The first-order valence-corrected chi connectivity index (χ1v) is 7.34. The fraction of sp³-hybridized carbons (Fsp3) is 0.929. The second-order valence-corrected chi connectivity index (χ2v) is 5.93. The van der Waals surface area contributed by atoms with Crippen molar-refractivity contribution in [2.75, 3.05) is 26.8 Å². The van der Waals surface area contributed by atoms with Gasteiger partial charge >= 0.3 is 0 Å². The Labute approximate surface area is 115 Å². The minimum Gasteiger partial charge on any atom is -0.391 e. The zero-order valence-electron chi connectivity index (χ0n) is 11.8. The number of amides is 1. The van der Waals surface area contributed by atoms with Gasteiger partial charge in [-0.05, 0) is 25.7 Å². The third-order valence-corrected chi connectivity index (χ3v) is 4.81. The van der Waals surface area contributed by atoms with Crippen LogP contribution in [-0.4, -0.2) is 54.9 Å². The molecule has 0 aromatic rings. The first kappa shape index (κ1) is 14.8. The lowest BCUT2D eigenvalue weighted by Crippen LogP contribution is -2.55. The summed E-state index contributed by atoms with van der Waals surface area (Å²) in [5, 5.41) is 10.1. The highest BCUT2D eigenvalue weighted by Gasteiger charge is 2.43. The first-order valence-electron chi connectivity index (χ1n) is 7.34. The molecule has 2 rings (SSSR count). The fourth-order valence-electron chi connectivity index (χ4n) is 3.34. The lowest BCUT2D eigenvalue weighted by molar-refractivity contribution is -0.151. The van der Waals surface area contributed by atoms with Crippen molar-refractivity contribution in [1.82, 2.24) is 4.90 Å². The van der Waals surface area contributed by atoms with E-state index in [1.165, 1.54) is 0 Å². The Morgan fingerprint density at radius 2 is 2.00 bits per heavy atom. The summed E-state index contributed by atoms with van der Waals surface area (Å²) in [5.41, 5.74) is 5.39. The van der Waals surface area contributed by atoms with E-state index in [-0.39, 0.29) is 11.9 Å². The molecule has 0 aromatic carbocycles. The van der Waals surface area contributed by atoms with Crippen molar-refractivity contribution in [3.63, 3.8) is 0 Å². The Kier molecular flexibility index (Phi) is 4.81. The van der Waals surface area contributed by atoms with Crippen LogP contribution < -0.4 is 5.73 Å². The number of aliphatic hydroxyl groups is 1. The third kappa shape index (κ3) is 2.93. The molecule has 2 unspecified atom stereocenters. The predicted octanol–water partition coefficient (Wildman–Crippen LogP) is 0.504. The number of ether oxygens (including phenoxy) is 1. The van der Waals surface area contributed by atoms with Crippen LogP contribution >= 0.6 is 0 Å². The second kappa shape index (κ2) is 6.20. The Morgan fingerprint density at radius 1 is 1.37 bits per heavy atom. The predicted molar refractivity (Wildman–Crippen MR) is 72.6 cm³/mol. The van der Waals surface area contributed by atoms with Crippen LogP contribution in [0, 0.1) is 5.41 Å². The zero-order chi connectivity index (χ0) is 13.9. The number of carbonyl (C=O) groups is 1. The molecule has 0 spiro atoms. The van der Waals surface area contributed by atoms with Gasteiger partial charge in [-0.15, -0.1) is 0 Å². The van der Waals surface area contributed by atoms with Crippen molar-refractivity contribution in [3.05, 3.63) is 0 Å². The van der Waals surface area contributed by atoms with Crippen LogP contribution in [0.2, 0.25) is 0 Å². The topological polar surface area (TPSA) is 75.8 Å². The van der Waals surface area contributed by atoms with Crippen molar-refractivity contribution >= 4 is 5.91 Å². The summed E-state index contributed by atoms with van der Waals surface area (Å²) in [6, 6.07) is -0.0486. The lowest BCUT2D eigenvalue weighted by Gasteiger charge is -2.42. The molecule has 1 aliphatic heterocycles. The largest absolute Gasteiger partial charge is 0.391 e. The van der Waals surface area contributed by atoms with Crippen LogP contribution in [0.15, 0.2) is 0 Å². The van der Waals surface area contributed by atoms with Crippen LogP contribution in [0.5, 0.6) is 0 Å². The first-order chi connectivity index (χ1) is 9.10. The molecule has 0 aromatic heterocycles. The Bertz CT molecular complexity index is 316. The highest BCUT2D eigenvalue weighted by molar-refractivity contribution is 5.83. The van der Waals surface area contributed by atoms with Crippen molar-refractivity contribution in [2.24, 2.45) is 11.1 Å². The van der Waals surface area contributed by atoms with Crippen LogP contribution in [0.4, 0.5) is 0 Å². The average molecular weight is 270 g/mol. The van der Waals surface area contributed by atoms with E-state index >= 15 is 0 Å². The molecule has 1 aliphatic carbocycles. The number of carbonyl (C=O) groups excluding carboxylic acids is 1. The molecule has 3 N–H and O–H groups in total. The minimum atomic E-state index is -0.482. The summed E-state index contributed by atoms with van der Waals surface area (Å²) in [4.78, 5) is 14.5.